The summed E-state index contributed by atoms with van der Waals surface area (Å²) in [6.07, 6.45) is 4.18. The molecular formula is C17H28ClF3N2. The molecular weight excluding hydrogens is 325 g/mol. The highest BCUT2D eigenvalue weighted by Gasteiger charge is 2.40. The number of rotatable bonds is 10. The number of hydrogen-bond donors (Lipinski definition) is 0. The Morgan fingerprint density at radius 1 is 1.00 bits per heavy atom. The quantitative estimate of drug-likeness (QED) is 0.422. The van der Waals surface area contributed by atoms with E-state index in [1.165, 1.54) is 6.42 Å². The van der Waals surface area contributed by atoms with Crippen LogP contribution in [0.4, 0.5) is 13.2 Å². The molecule has 0 aliphatic rings. The van der Waals surface area contributed by atoms with Gasteiger partial charge in [-0.3, -0.25) is 4.68 Å². The lowest BCUT2D eigenvalue weighted by molar-refractivity contribution is -0.146. The molecule has 134 valence electrons. The molecule has 0 radical (unpaired) electrons. The molecule has 0 fully saturated rings. The van der Waals surface area contributed by atoms with Gasteiger partial charge in [-0.15, -0.1) is 0 Å². The molecule has 1 aromatic rings. The minimum absolute atomic E-state index is 0.0916. The molecule has 0 aromatic carbocycles. The number of halogens is 4. The molecule has 6 heteroatoms. The standard InChI is InChI=1S/C17H28ClF3N2/c1-4-6-8-9-10-12-16(3,11-7-5-2)23-14(17(19,20)21)13-15(18)22-23/h13H,4-12H2,1-3H3. The van der Waals surface area contributed by atoms with Crippen LogP contribution in [0, 0.1) is 0 Å². The molecule has 1 atom stereocenters. The van der Waals surface area contributed by atoms with Crippen LogP contribution < -0.4 is 0 Å². The summed E-state index contributed by atoms with van der Waals surface area (Å²) in [4.78, 5) is 0. The number of aromatic nitrogens is 2. The second kappa shape index (κ2) is 8.95. The third-order valence-corrected chi connectivity index (χ3v) is 4.55. The normalized spacial score (nSPS) is 14.9. The highest BCUT2D eigenvalue weighted by atomic mass is 35.5. The van der Waals surface area contributed by atoms with E-state index < -0.39 is 17.4 Å². The van der Waals surface area contributed by atoms with Crippen LogP contribution in [0.15, 0.2) is 6.07 Å². The van der Waals surface area contributed by atoms with Gasteiger partial charge in [-0.25, -0.2) is 0 Å². The van der Waals surface area contributed by atoms with Crippen molar-refractivity contribution in [2.24, 2.45) is 0 Å². The van der Waals surface area contributed by atoms with Gasteiger partial charge in [0.2, 0.25) is 0 Å². The van der Waals surface area contributed by atoms with E-state index in [1.807, 2.05) is 13.8 Å². The maximum absolute atomic E-state index is 13.3. The Labute approximate surface area is 142 Å². The molecule has 0 aliphatic heterocycles. The van der Waals surface area contributed by atoms with Gasteiger partial charge in [-0.2, -0.15) is 18.3 Å². The first kappa shape index (κ1) is 20.3. The number of unbranched alkanes of at least 4 members (excludes halogenated alkanes) is 5. The van der Waals surface area contributed by atoms with Gasteiger partial charge in [0.15, 0.2) is 5.15 Å². The van der Waals surface area contributed by atoms with Gasteiger partial charge in [-0.05, 0) is 19.8 Å². The van der Waals surface area contributed by atoms with E-state index >= 15 is 0 Å². The van der Waals surface area contributed by atoms with Gasteiger partial charge >= 0.3 is 6.18 Å². The van der Waals surface area contributed by atoms with Gasteiger partial charge in [0, 0.05) is 6.07 Å². The third-order valence-electron chi connectivity index (χ3n) is 4.37. The number of hydrogen-bond acceptors (Lipinski definition) is 1. The van der Waals surface area contributed by atoms with Crippen LogP contribution in [-0.4, -0.2) is 9.78 Å². The van der Waals surface area contributed by atoms with Crippen molar-refractivity contribution in [2.45, 2.75) is 90.3 Å². The summed E-state index contributed by atoms with van der Waals surface area (Å²) in [6.45, 7) is 6.07. The summed E-state index contributed by atoms with van der Waals surface area (Å²) in [7, 11) is 0. The van der Waals surface area contributed by atoms with Crippen LogP contribution in [0.25, 0.3) is 0 Å². The molecule has 0 bridgehead atoms. The summed E-state index contributed by atoms with van der Waals surface area (Å²) in [6, 6.07) is 0.933. The van der Waals surface area contributed by atoms with Crippen LogP contribution in [0.3, 0.4) is 0 Å². The summed E-state index contributed by atoms with van der Waals surface area (Å²) in [5.74, 6) is 0. The van der Waals surface area contributed by atoms with Crippen LogP contribution >= 0.6 is 11.6 Å². The van der Waals surface area contributed by atoms with Crippen molar-refractivity contribution in [1.82, 2.24) is 9.78 Å². The Morgan fingerprint density at radius 3 is 2.13 bits per heavy atom. The molecule has 0 amide bonds. The molecule has 1 aromatic heterocycles. The van der Waals surface area contributed by atoms with Crippen molar-refractivity contribution in [3.05, 3.63) is 16.9 Å². The molecule has 1 rings (SSSR count). The van der Waals surface area contributed by atoms with Crippen LogP contribution in [-0.2, 0) is 11.7 Å². The van der Waals surface area contributed by atoms with E-state index in [0.717, 1.165) is 49.3 Å². The van der Waals surface area contributed by atoms with Crippen LogP contribution in [0.1, 0.15) is 84.3 Å². The lowest BCUT2D eigenvalue weighted by Gasteiger charge is -2.32. The fourth-order valence-electron chi connectivity index (χ4n) is 2.97. The average molecular weight is 353 g/mol. The maximum Gasteiger partial charge on any atom is 0.433 e. The van der Waals surface area contributed by atoms with E-state index in [4.69, 9.17) is 11.6 Å². The van der Waals surface area contributed by atoms with Crippen molar-refractivity contribution in [1.29, 1.82) is 0 Å². The first-order valence-corrected chi connectivity index (χ1v) is 8.95. The fraction of sp³-hybridized carbons (Fsp3) is 0.824. The summed E-state index contributed by atoms with van der Waals surface area (Å²) >= 11 is 5.78. The third kappa shape index (κ3) is 6.02. The first-order valence-electron chi connectivity index (χ1n) is 8.58. The van der Waals surface area contributed by atoms with Gasteiger partial charge in [0.05, 0.1) is 5.54 Å². The van der Waals surface area contributed by atoms with Gasteiger partial charge < -0.3 is 0 Å². The Kier molecular flexibility index (Phi) is 7.91. The second-order valence-electron chi connectivity index (χ2n) is 6.53. The van der Waals surface area contributed by atoms with Crippen LogP contribution in [0.2, 0.25) is 5.15 Å². The highest BCUT2D eigenvalue weighted by molar-refractivity contribution is 6.29. The molecule has 23 heavy (non-hydrogen) atoms. The molecule has 2 nitrogen and oxygen atoms in total. The van der Waals surface area contributed by atoms with Crippen molar-refractivity contribution in [3.8, 4) is 0 Å². The number of nitrogens with zero attached hydrogens (tertiary/aromatic N) is 2. The van der Waals surface area contributed by atoms with Gasteiger partial charge in [0.25, 0.3) is 0 Å². The Hall–Kier alpha value is -0.710. The van der Waals surface area contributed by atoms with E-state index in [2.05, 4.69) is 12.0 Å². The largest absolute Gasteiger partial charge is 0.433 e. The van der Waals surface area contributed by atoms with Crippen LogP contribution in [0.5, 0.6) is 0 Å². The number of alkyl halides is 3. The van der Waals surface area contributed by atoms with E-state index in [0.29, 0.717) is 12.8 Å². The topological polar surface area (TPSA) is 17.8 Å². The Morgan fingerprint density at radius 2 is 1.57 bits per heavy atom. The van der Waals surface area contributed by atoms with Crippen molar-refractivity contribution in [3.63, 3.8) is 0 Å². The lowest BCUT2D eigenvalue weighted by atomic mass is 9.88. The fourth-order valence-corrected chi connectivity index (χ4v) is 3.15. The molecule has 0 aliphatic carbocycles. The van der Waals surface area contributed by atoms with Gasteiger partial charge in [-0.1, -0.05) is 70.4 Å². The zero-order valence-electron chi connectivity index (χ0n) is 14.3. The monoisotopic (exact) mass is 352 g/mol. The van der Waals surface area contributed by atoms with E-state index in [1.54, 1.807) is 0 Å². The molecule has 0 N–H and O–H groups in total. The first-order chi connectivity index (χ1) is 10.7. The second-order valence-corrected chi connectivity index (χ2v) is 6.91. The Bertz CT molecular complexity index is 471. The van der Waals surface area contributed by atoms with Crippen molar-refractivity contribution >= 4 is 11.6 Å². The summed E-state index contributed by atoms with van der Waals surface area (Å²) in [5, 5.41) is 3.89. The van der Waals surface area contributed by atoms with Crippen molar-refractivity contribution in [2.75, 3.05) is 0 Å². The molecule has 1 heterocycles. The molecule has 0 spiro atoms. The predicted molar refractivity (Wildman–Crippen MR) is 88.8 cm³/mol. The summed E-state index contributed by atoms with van der Waals surface area (Å²) in [5.41, 5.74) is -1.38. The van der Waals surface area contributed by atoms with Crippen molar-refractivity contribution < 1.29 is 13.2 Å². The minimum Gasteiger partial charge on any atom is -0.253 e. The predicted octanol–water partition coefficient (Wildman–Crippen LogP) is 6.82. The Balaban J connectivity index is 2.96. The zero-order valence-corrected chi connectivity index (χ0v) is 15.1. The molecule has 1 unspecified atom stereocenters. The van der Waals surface area contributed by atoms with Gasteiger partial charge in [0.1, 0.15) is 5.69 Å². The SMILES string of the molecule is CCCCCCCC(C)(CCCC)n1nc(Cl)cc1C(F)(F)F. The lowest BCUT2D eigenvalue weighted by Crippen LogP contribution is -2.35. The molecule has 0 saturated heterocycles. The van der Waals surface area contributed by atoms with E-state index in [-0.39, 0.29) is 5.15 Å². The minimum atomic E-state index is -4.43. The van der Waals surface area contributed by atoms with E-state index in [9.17, 15) is 13.2 Å². The summed E-state index contributed by atoms with van der Waals surface area (Å²) < 4.78 is 41.0. The molecule has 0 saturated carbocycles. The average Bonchev–Trinajstić information content (AvgIpc) is 2.88. The zero-order chi connectivity index (χ0) is 17.5. The maximum atomic E-state index is 13.3. The smallest absolute Gasteiger partial charge is 0.253 e. The highest BCUT2D eigenvalue weighted by Crippen LogP contribution is 2.38.